The third kappa shape index (κ3) is 3.77. The molecule has 3 rings (SSSR count). The fraction of sp³-hybridized carbons (Fsp3) is 0.294. The van der Waals surface area contributed by atoms with Crippen LogP contribution in [0.5, 0.6) is 0 Å². The average molecular weight is 359 g/mol. The zero-order chi connectivity index (χ0) is 18.7. The van der Waals surface area contributed by atoms with Gasteiger partial charge in [0.05, 0.1) is 12.2 Å². The molecule has 1 atom stereocenters. The number of carbonyl (C=O) groups excluding carboxylic acids is 1. The molecule has 0 spiro atoms. The molecule has 0 bridgehead atoms. The third-order valence-electron chi connectivity index (χ3n) is 3.67. The molecule has 136 valence electrons. The van der Waals surface area contributed by atoms with E-state index in [1.807, 2.05) is 0 Å². The van der Waals surface area contributed by atoms with Crippen LogP contribution in [0.25, 0.3) is 11.4 Å². The van der Waals surface area contributed by atoms with E-state index in [-0.39, 0.29) is 24.2 Å². The summed E-state index contributed by atoms with van der Waals surface area (Å²) in [6.45, 7) is 1.94. The Morgan fingerprint density at radius 2 is 2.27 bits per heavy atom. The Bertz CT molecular complexity index is 921. The monoisotopic (exact) mass is 359 g/mol. The van der Waals surface area contributed by atoms with Gasteiger partial charge in [0.15, 0.2) is 0 Å². The number of amides is 1. The zero-order valence-corrected chi connectivity index (χ0v) is 14.6. The van der Waals surface area contributed by atoms with Crippen LogP contribution < -0.4 is 5.32 Å². The van der Waals surface area contributed by atoms with Crippen molar-refractivity contribution in [2.24, 2.45) is 7.05 Å². The van der Waals surface area contributed by atoms with Gasteiger partial charge in [0.1, 0.15) is 17.6 Å². The predicted octanol–water partition coefficient (Wildman–Crippen LogP) is 2.25. The quantitative estimate of drug-likeness (QED) is 0.725. The summed E-state index contributed by atoms with van der Waals surface area (Å²) in [5.41, 5.74) is 1.44. The lowest BCUT2D eigenvalue weighted by Crippen LogP contribution is -2.27. The summed E-state index contributed by atoms with van der Waals surface area (Å²) >= 11 is 0. The molecule has 0 aliphatic rings. The van der Waals surface area contributed by atoms with Crippen molar-refractivity contribution >= 4 is 5.91 Å². The van der Waals surface area contributed by atoms with Crippen molar-refractivity contribution in [3.05, 3.63) is 53.4 Å². The van der Waals surface area contributed by atoms with E-state index < -0.39 is 11.9 Å². The van der Waals surface area contributed by atoms with E-state index in [4.69, 9.17) is 9.26 Å². The molecule has 3 aromatic rings. The Labute approximate surface area is 149 Å². The Morgan fingerprint density at radius 1 is 1.46 bits per heavy atom. The maximum absolute atomic E-state index is 13.3. The summed E-state index contributed by atoms with van der Waals surface area (Å²) in [5, 5.41) is 10.8. The van der Waals surface area contributed by atoms with Crippen LogP contribution in [0.3, 0.4) is 0 Å². The van der Waals surface area contributed by atoms with Crippen LogP contribution in [0, 0.1) is 5.82 Å². The molecule has 8 nitrogen and oxygen atoms in total. The highest BCUT2D eigenvalue weighted by Crippen LogP contribution is 2.20. The summed E-state index contributed by atoms with van der Waals surface area (Å²) < 4.78 is 25.1. The second-order valence-corrected chi connectivity index (χ2v) is 5.76. The number of aryl methyl sites for hydroxylation is 1. The first-order chi connectivity index (χ1) is 12.5. The first-order valence-corrected chi connectivity index (χ1v) is 7.89. The van der Waals surface area contributed by atoms with Gasteiger partial charge in [-0.25, -0.2) is 4.39 Å². The van der Waals surface area contributed by atoms with Crippen molar-refractivity contribution in [1.29, 1.82) is 0 Å². The topological polar surface area (TPSA) is 95.1 Å². The van der Waals surface area contributed by atoms with Gasteiger partial charge in [0.25, 0.3) is 5.91 Å². The van der Waals surface area contributed by atoms with Gasteiger partial charge in [-0.1, -0.05) is 17.3 Å². The highest BCUT2D eigenvalue weighted by Gasteiger charge is 2.21. The Balaban J connectivity index is 1.74. The van der Waals surface area contributed by atoms with Crippen molar-refractivity contribution in [3.8, 4) is 11.4 Å². The molecular weight excluding hydrogens is 341 g/mol. The van der Waals surface area contributed by atoms with Crippen LogP contribution >= 0.6 is 0 Å². The van der Waals surface area contributed by atoms with Crippen LogP contribution in [0.4, 0.5) is 4.39 Å². The molecule has 0 aliphatic heterocycles. The van der Waals surface area contributed by atoms with Crippen LogP contribution in [0.1, 0.15) is 34.9 Å². The van der Waals surface area contributed by atoms with Gasteiger partial charge in [-0.15, -0.1) is 0 Å². The number of methoxy groups -OCH3 is 1. The average Bonchev–Trinajstić information content (AvgIpc) is 3.22. The normalized spacial score (nSPS) is 12.2. The molecule has 0 saturated carbocycles. The molecule has 0 unspecified atom stereocenters. The second-order valence-electron chi connectivity index (χ2n) is 5.76. The second kappa shape index (κ2) is 7.44. The lowest BCUT2D eigenvalue weighted by atomic mass is 10.2. The van der Waals surface area contributed by atoms with E-state index in [1.54, 1.807) is 37.0 Å². The van der Waals surface area contributed by atoms with Gasteiger partial charge in [-0.2, -0.15) is 10.1 Å². The molecule has 9 heteroatoms. The summed E-state index contributed by atoms with van der Waals surface area (Å²) in [4.78, 5) is 16.7. The first-order valence-electron chi connectivity index (χ1n) is 7.89. The minimum Gasteiger partial charge on any atom is -0.378 e. The molecule has 26 heavy (non-hydrogen) atoms. The van der Waals surface area contributed by atoms with Crippen molar-refractivity contribution < 1.29 is 18.4 Å². The molecule has 2 heterocycles. The van der Waals surface area contributed by atoms with Gasteiger partial charge in [-0.05, 0) is 19.1 Å². The van der Waals surface area contributed by atoms with Crippen LogP contribution in [0.15, 0.2) is 35.0 Å². The minimum atomic E-state index is -0.534. The van der Waals surface area contributed by atoms with E-state index in [0.717, 1.165) is 0 Å². The lowest BCUT2D eigenvalue weighted by Gasteiger charge is -2.09. The molecule has 0 fully saturated rings. The maximum Gasteiger partial charge on any atom is 0.255 e. The number of aromatic nitrogens is 4. The van der Waals surface area contributed by atoms with Gasteiger partial charge >= 0.3 is 0 Å². The summed E-state index contributed by atoms with van der Waals surface area (Å²) in [6.07, 6.45) is 1.61. The molecule has 2 aromatic heterocycles. The van der Waals surface area contributed by atoms with Crippen molar-refractivity contribution in [2.45, 2.75) is 19.6 Å². The van der Waals surface area contributed by atoms with Gasteiger partial charge < -0.3 is 14.6 Å². The van der Waals surface area contributed by atoms with Gasteiger partial charge in [-0.3, -0.25) is 9.48 Å². The molecule has 1 N–H and O–H groups in total. The largest absolute Gasteiger partial charge is 0.378 e. The van der Waals surface area contributed by atoms with Crippen LogP contribution in [-0.2, 0) is 18.4 Å². The molecule has 0 saturated heterocycles. The zero-order valence-electron chi connectivity index (χ0n) is 14.6. The SMILES string of the molecule is COCc1nn(C)cc1C(=O)N[C@@H](C)c1nc(-c2cccc(F)c2)no1. The van der Waals surface area contributed by atoms with E-state index in [1.165, 1.54) is 19.2 Å². The molecule has 0 radical (unpaired) electrons. The number of rotatable bonds is 6. The fourth-order valence-corrected chi connectivity index (χ4v) is 2.46. The number of ether oxygens (including phenoxy) is 1. The van der Waals surface area contributed by atoms with Gasteiger partial charge in [0.2, 0.25) is 11.7 Å². The summed E-state index contributed by atoms with van der Waals surface area (Å²) in [7, 11) is 3.26. The number of halogens is 1. The number of nitrogens with one attached hydrogen (secondary N) is 1. The highest BCUT2D eigenvalue weighted by atomic mass is 19.1. The highest BCUT2D eigenvalue weighted by molar-refractivity contribution is 5.95. The molecule has 1 aromatic carbocycles. The van der Waals surface area contributed by atoms with Crippen LogP contribution in [-0.4, -0.2) is 32.9 Å². The van der Waals surface area contributed by atoms with Crippen molar-refractivity contribution in [1.82, 2.24) is 25.2 Å². The standard InChI is InChI=1S/C17H18FN5O3/c1-10(19-16(24)13-8-23(2)21-14(13)9-25-3)17-20-15(22-26-17)11-5-4-6-12(18)7-11/h4-8,10H,9H2,1-3H3,(H,19,24)/t10-/m0/s1. The third-order valence-corrected chi connectivity index (χ3v) is 3.67. The van der Waals surface area contributed by atoms with Crippen molar-refractivity contribution in [3.63, 3.8) is 0 Å². The predicted molar refractivity (Wildman–Crippen MR) is 89.5 cm³/mol. The molecule has 1 amide bonds. The van der Waals surface area contributed by atoms with E-state index in [9.17, 15) is 9.18 Å². The number of nitrogens with zero attached hydrogens (tertiary/aromatic N) is 4. The number of carbonyl (C=O) groups is 1. The van der Waals surface area contributed by atoms with Crippen molar-refractivity contribution in [2.75, 3.05) is 7.11 Å². The van der Waals surface area contributed by atoms with E-state index in [0.29, 0.717) is 16.8 Å². The first kappa shape index (κ1) is 17.7. The Hall–Kier alpha value is -3.07. The fourth-order valence-electron chi connectivity index (χ4n) is 2.46. The van der Waals surface area contributed by atoms with Gasteiger partial charge in [0, 0.05) is 25.9 Å². The number of hydrogen-bond donors (Lipinski definition) is 1. The summed E-state index contributed by atoms with van der Waals surface area (Å²) in [5.74, 6) is -0.252. The molecule has 0 aliphatic carbocycles. The van der Waals surface area contributed by atoms with Crippen LogP contribution in [0.2, 0.25) is 0 Å². The number of benzene rings is 1. The van der Waals surface area contributed by atoms with E-state index >= 15 is 0 Å². The maximum atomic E-state index is 13.3. The summed E-state index contributed by atoms with van der Waals surface area (Å²) in [6, 6.07) is 5.34. The van der Waals surface area contributed by atoms with E-state index in [2.05, 4.69) is 20.6 Å². The number of hydrogen-bond acceptors (Lipinski definition) is 6. The Morgan fingerprint density at radius 3 is 3.00 bits per heavy atom. The Kier molecular flexibility index (Phi) is 5.08. The molecular formula is C17H18FN5O3. The minimum absolute atomic E-state index is 0.217. The lowest BCUT2D eigenvalue weighted by molar-refractivity contribution is 0.0927. The smallest absolute Gasteiger partial charge is 0.255 e.